The van der Waals surface area contributed by atoms with E-state index in [-0.39, 0.29) is 5.91 Å². The Balaban J connectivity index is 1.75. The van der Waals surface area contributed by atoms with Crippen LogP contribution in [0.25, 0.3) is 0 Å². The molecule has 29 heavy (non-hydrogen) atoms. The Morgan fingerprint density at radius 2 is 1.66 bits per heavy atom. The molecule has 2 aromatic rings. The monoisotopic (exact) mass is 396 g/mol. The quantitative estimate of drug-likeness (QED) is 0.784. The van der Waals surface area contributed by atoms with Gasteiger partial charge in [-0.2, -0.15) is 0 Å². The number of urea groups is 1. The summed E-state index contributed by atoms with van der Waals surface area (Å²) in [5.41, 5.74) is 1.94. The van der Waals surface area contributed by atoms with Gasteiger partial charge in [-0.25, -0.2) is 4.79 Å². The number of nitrogens with one attached hydrogen (secondary N) is 2. The predicted octanol–water partition coefficient (Wildman–Crippen LogP) is 2.40. The summed E-state index contributed by atoms with van der Waals surface area (Å²) in [4.78, 5) is 28.9. The molecule has 1 heterocycles. The Morgan fingerprint density at radius 3 is 2.31 bits per heavy atom. The van der Waals surface area contributed by atoms with Crippen molar-refractivity contribution >= 4 is 17.6 Å². The summed E-state index contributed by atoms with van der Waals surface area (Å²) in [5.74, 6) is 0.555. The third-order valence-corrected chi connectivity index (χ3v) is 5.01. The van der Waals surface area contributed by atoms with Crippen molar-refractivity contribution in [3.63, 3.8) is 0 Å². The van der Waals surface area contributed by atoms with Crippen LogP contribution in [-0.2, 0) is 4.79 Å². The summed E-state index contributed by atoms with van der Waals surface area (Å²) < 4.78 is 5.76. The van der Waals surface area contributed by atoms with E-state index in [2.05, 4.69) is 26.5 Å². The summed E-state index contributed by atoms with van der Waals surface area (Å²) in [6.45, 7) is 5.51. The van der Waals surface area contributed by atoms with Crippen molar-refractivity contribution < 1.29 is 14.3 Å². The topological polar surface area (TPSA) is 73.9 Å². The molecule has 1 aliphatic heterocycles. The lowest BCUT2D eigenvalue weighted by Gasteiger charge is -2.40. The van der Waals surface area contributed by atoms with Crippen LogP contribution in [0.5, 0.6) is 5.75 Å². The molecule has 3 amide bonds. The average molecular weight is 396 g/mol. The molecule has 1 aliphatic rings. The van der Waals surface area contributed by atoms with Crippen molar-refractivity contribution in [2.45, 2.75) is 13.0 Å². The summed E-state index contributed by atoms with van der Waals surface area (Å²) >= 11 is 0. The number of carbonyl (C=O) groups excluding carboxylic acids is 2. The fourth-order valence-electron chi connectivity index (χ4n) is 3.62. The molecule has 0 aromatic heterocycles. The molecule has 154 valence electrons. The molecule has 3 rings (SSSR count). The van der Waals surface area contributed by atoms with E-state index in [1.54, 1.807) is 0 Å². The van der Waals surface area contributed by atoms with Gasteiger partial charge in [0.2, 0.25) is 5.91 Å². The fraction of sp³-hybridized carbons (Fsp3) is 0.364. The van der Waals surface area contributed by atoms with Crippen LogP contribution in [0.4, 0.5) is 10.5 Å². The van der Waals surface area contributed by atoms with Gasteiger partial charge in [-0.1, -0.05) is 42.5 Å². The number of ether oxygens (including phenoxy) is 1. The minimum atomic E-state index is -0.516. The van der Waals surface area contributed by atoms with Crippen molar-refractivity contribution in [3.8, 4) is 5.75 Å². The number of imide groups is 1. The summed E-state index contributed by atoms with van der Waals surface area (Å²) in [7, 11) is 1.49. The largest absolute Gasteiger partial charge is 0.492 e. The van der Waals surface area contributed by atoms with Crippen molar-refractivity contribution in [2.24, 2.45) is 0 Å². The molecule has 7 heteroatoms. The van der Waals surface area contributed by atoms with Crippen molar-refractivity contribution in [3.05, 3.63) is 60.2 Å². The standard InChI is InChI=1S/C22H28N4O3/c1-3-29-19-12-8-7-11-18(19)25-13-15-26(16-14-25)20(17-9-5-4-6-10-17)21(27)24-22(28)23-2/h4-12,20H,3,13-16H2,1-2H3,(H2,23,24,27,28)/t20-/m1/s1. The molecule has 0 aliphatic carbocycles. The summed E-state index contributed by atoms with van der Waals surface area (Å²) in [6, 6.07) is 16.6. The maximum absolute atomic E-state index is 12.9. The minimum absolute atomic E-state index is 0.321. The zero-order valence-corrected chi connectivity index (χ0v) is 16.9. The summed E-state index contributed by atoms with van der Waals surface area (Å²) in [5, 5.41) is 4.87. The molecule has 0 bridgehead atoms. The molecule has 2 N–H and O–H groups in total. The lowest BCUT2D eigenvalue weighted by Crippen LogP contribution is -2.52. The van der Waals surface area contributed by atoms with E-state index in [0.717, 1.165) is 30.1 Å². The van der Waals surface area contributed by atoms with Gasteiger partial charge in [0.15, 0.2) is 0 Å². The van der Waals surface area contributed by atoms with Gasteiger partial charge < -0.3 is 15.0 Å². The molecule has 1 saturated heterocycles. The third-order valence-electron chi connectivity index (χ3n) is 5.01. The number of nitrogens with zero attached hydrogens (tertiary/aromatic N) is 2. The van der Waals surface area contributed by atoms with E-state index in [9.17, 15) is 9.59 Å². The molecule has 1 fully saturated rings. The Labute approximate surface area is 171 Å². The molecule has 1 atom stereocenters. The molecule has 0 saturated carbocycles. The van der Waals surface area contributed by atoms with Gasteiger partial charge in [0.25, 0.3) is 0 Å². The predicted molar refractivity (Wildman–Crippen MR) is 113 cm³/mol. The van der Waals surface area contributed by atoms with Crippen LogP contribution in [0.2, 0.25) is 0 Å². The first kappa shape index (κ1) is 20.7. The molecule has 0 unspecified atom stereocenters. The van der Waals surface area contributed by atoms with Gasteiger partial charge in [-0.05, 0) is 24.6 Å². The first-order valence-electron chi connectivity index (χ1n) is 9.92. The zero-order valence-electron chi connectivity index (χ0n) is 16.9. The van der Waals surface area contributed by atoms with Crippen molar-refractivity contribution in [1.29, 1.82) is 0 Å². The Kier molecular flexibility index (Phi) is 7.08. The molecular weight excluding hydrogens is 368 g/mol. The van der Waals surface area contributed by atoms with Crippen LogP contribution in [0.3, 0.4) is 0 Å². The highest BCUT2D eigenvalue weighted by Gasteiger charge is 2.31. The second-order valence-electron chi connectivity index (χ2n) is 6.81. The number of piperazine rings is 1. The van der Waals surface area contributed by atoms with E-state index in [4.69, 9.17) is 4.74 Å². The van der Waals surface area contributed by atoms with E-state index in [0.29, 0.717) is 19.7 Å². The lowest BCUT2D eigenvalue weighted by atomic mass is 10.0. The second kappa shape index (κ2) is 9.93. The third kappa shape index (κ3) is 5.06. The maximum atomic E-state index is 12.9. The lowest BCUT2D eigenvalue weighted by molar-refractivity contribution is -0.125. The van der Waals surface area contributed by atoms with Crippen molar-refractivity contribution in [1.82, 2.24) is 15.5 Å². The maximum Gasteiger partial charge on any atom is 0.321 e. The number of hydrogen-bond donors (Lipinski definition) is 2. The number of anilines is 1. The van der Waals surface area contributed by atoms with Crippen molar-refractivity contribution in [2.75, 3.05) is 44.7 Å². The molecule has 7 nitrogen and oxygen atoms in total. The number of para-hydroxylation sites is 2. The zero-order chi connectivity index (χ0) is 20.6. The second-order valence-corrected chi connectivity index (χ2v) is 6.81. The smallest absolute Gasteiger partial charge is 0.321 e. The normalized spacial score (nSPS) is 15.4. The SMILES string of the molecule is CCOc1ccccc1N1CCN([C@@H](C(=O)NC(=O)NC)c2ccccc2)CC1. The average Bonchev–Trinajstić information content (AvgIpc) is 2.76. The molecule has 0 radical (unpaired) electrons. The Morgan fingerprint density at radius 1 is 1.00 bits per heavy atom. The summed E-state index contributed by atoms with van der Waals surface area (Å²) in [6.07, 6.45) is 0. The van der Waals surface area contributed by atoms with Gasteiger partial charge in [0.1, 0.15) is 11.8 Å². The highest BCUT2D eigenvalue weighted by molar-refractivity contribution is 5.97. The van der Waals surface area contributed by atoms with Crippen LogP contribution in [0.15, 0.2) is 54.6 Å². The highest BCUT2D eigenvalue weighted by atomic mass is 16.5. The van der Waals surface area contributed by atoms with E-state index < -0.39 is 12.1 Å². The van der Waals surface area contributed by atoms with Crippen LogP contribution in [-0.4, -0.2) is 56.7 Å². The molecule has 0 spiro atoms. The number of benzene rings is 2. The first-order chi connectivity index (χ1) is 14.1. The Hall–Kier alpha value is -3.06. The number of rotatable bonds is 6. The van der Waals surface area contributed by atoms with Crippen LogP contribution >= 0.6 is 0 Å². The van der Waals surface area contributed by atoms with Crippen LogP contribution < -0.4 is 20.3 Å². The van der Waals surface area contributed by atoms with E-state index in [1.165, 1.54) is 7.05 Å². The van der Waals surface area contributed by atoms with E-state index >= 15 is 0 Å². The molecular formula is C22H28N4O3. The minimum Gasteiger partial charge on any atom is -0.492 e. The van der Waals surface area contributed by atoms with Gasteiger partial charge in [0.05, 0.1) is 12.3 Å². The molecule has 2 aromatic carbocycles. The Bertz CT molecular complexity index is 820. The van der Waals surface area contributed by atoms with Gasteiger partial charge in [0, 0.05) is 33.2 Å². The van der Waals surface area contributed by atoms with E-state index in [1.807, 2.05) is 55.5 Å². The first-order valence-corrected chi connectivity index (χ1v) is 9.92. The highest BCUT2D eigenvalue weighted by Crippen LogP contribution is 2.30. The fourth-order valence-corrected chi connectivity index (χ4v) is 3.62. The van der Waals surface area contributed by atoms with Crippen LogP contribution in [0.1, 0.15) is 18.5 Å². The number of hydrogen-bond acceptors (Lipinski definition) is 5. The van der Waals surface area contributed by atoms with Crippen LogP contribution in [0, 0.1) is 0 Å². The number of amides is 3. The number of carbonyl (C=O) groups is 2. The van der Waals surface area contributed by atoms with Gasteiger partial charge >= 0.3 is 6.03 Å². The van der Waals surface area contributed by atoms with Gasteiger partial charge in [-0.3, -0.25) is 15.0 Å². The van der Waals surface area contributed by atoms with Gasteiger partial charge in [-0.15, -0.1) is 0 Å².